The molecule has 0 radical (unpaired) electrons. The van der Waals surface area contributed by atoms with Crippen molar-refractivity contribution in [1.82, 2.24) is 15.2 Å². The predicted octanol–water partition coefficient (Wildman–Crippen LogP) is 2.66. The molecule has 0 bridgehead atoms. The molecule has 142 valence electrons. The molecule has 1 aromatic carbocycles. The first-order chi connectivity index (χ1) is 12.8. The van der Waals surface area contributed by atoms with E-state index < -0.39 is 0 Å². The minimum Gasteiger partial charge on any atom is -0.493 e. The van der Waals surface area contributed by atoms with E-state index in [1.165, 1.54) is 0 Å². The van der Waals surface area contributed by atoms with Gasteiger partial charge in [-0.2, -0.15) is 0 Å². The minimum atomic E-state index is 0.605. The molecule has 6 heteroatoms. The number of guanidine groups is 1. The van der Waals surface area contributed by atoms with Crippen LogP contribution in [0.5, 0.6) is 5.75 Å². The van der Waals surface area contributed by atoms with Crippen molar-refractivity contribution in [1.29, 1.82) is 0 Å². The van der Waals surface area contributed by atoms with Crippen LogP contribution in [0, 0.1) is 0 Å². The standard InChI is InChI=1S/C20H30N4O2/c1-3-21-20(22-10-13-24-11-4-5-12-24)23-17-18-8-6-9-19(16-18)26-15-7-14-25-2/h4-6,8-9,11-12,16H,3,7,10,13-15,17H2,1-2H3,(H2,21,22,23). The summed E-state index contributed by atoms with van der Waals surface area (Å²) in [5.74, 6) is 1.70. The van der Waals surface area contributed by atoms with E-state index in [4.69, 9.17) is 9.47 Å². The van der Waals surface area contributed by atoms with Gasteiger partial charge in [-0.3, -0.25) is 0 Å². The van der Waals surface area contributed by atoms with E-state index in [-0.39, 0.29) is 0 Å². The van der Waals surface area contributed by atoms with Crippen molar-refractivity contribution in [3.63, 3.8) is 0 Å². The van der Waals surface area contributed by atoms with Gasteiger partial charge in [-0.05, 0) is 36.8 Å². The van der Waals surface area contributed by atoms with Crippen LogP contribution in [0.2, 0.25) is 0 Å². The summed E-state index contributed by atoms with van der Waals surface area (Å²) >= 11 is 0. The van der Waals surface area contributed by atoms with E-state index in [9.17, 15) is 0 Å². The van der Waals surface area contributed by atoms with Crippen LogP contribution in [0.25, 0.3) is 0 Å². The third-order valence-corrected chi connectivity index (χ3v) is 3.75. The maximum absolute atomic E-state index is 5.75. The monoisotopic (exact) mass is 358 g/mol. The summed E-state index contributed by atoms with van der Waals surface area (Å²) in [6, 6.07) is 12.1. The molecule has 2 aromatic rings. The van der Waals surface area contributed by atoms with Crippen molar-refractivity contribution in [2.24, 2.45) is 4.99 Å². The van der Waals surface area contributed by atoms with Crippen molar-refractivity contribution >= 4 is 5.96 Å². The van der Waals surface area contributed by atoms with Crippen LogP contribution in [-0.4, -0.2) is 43.9 Å². The Balaban J connectivity index is 1.83. The van der Waals surface area contributed by atoms with Crippen LogP contribution >= 0.6 is 0 Å². The Kier molecular flexibility index (Phi) is 9.14. The van der Waals surface area contributed by atoms with E-state index in [0.29, 0.717) is 19.8 Å². The zero-order valence-electron chi connectivity index (χ0n) is 15.8. The molecule has 0 saturated heterocycles. The largest absolute Gasteiger partial charge is 0.493 e. The van der Waals surface area contributed by atoms with Crippen molar-refractivity contribution in [3.8, 4) is 5.75 Å². The van der Waals surface area contributed by atoms with E-state index in [0.717, 1.165) is 43.3 Å². The second kappa shape index (κ2) is 12.0. The Morgan fingerprint density at radius 1 is 1.12 bits per heavy atom. The molecular formula is C20H30N4O2. The van der Waals surface area contributed by atoms with Crippen LogP contribution in [0.15, 0.2) is 53.8 Å². The molecule has 6 nitrogen and oxygen atoms in total. The summed E-state index contributed by atoms with van der Waals surface area (Å²) in [6.45, 7) is 6.60. The number of hydrogen-bond donors (Lipinski definition) is 2. The summed E-state index contributed by atoms with van der Waals surface area (Å²) in [5, 5.41) is 6.65. The van der Waals surface area contributed by atoms with Gasteiger partial charge in [-0.15, -0.1) is 0 Å². The fourth-order valence-electron chi connectivity index (χ4n) is 2.46. The second-order valence-corrected chi connectivity index (χ2v) is 5.89. The maximum atomic E-state index is 5.75. The van der Waals surface area contributed by atoms with Gasteiger partial charge in [0.1, 0.15) is 5.75 Å². The van der Waals surface area contributed by atoms with Crippen LogP contribution in [0.1, 0.15) is 18.9 Å². The number of benzene rings is 1. The smallest absolute Gasteiger partial charge is 0.191 e. The second-order valence-electron chi connectivity index (χ2n) is 5.89. The first-order valence-corrected chi connectivity index (χ1v) is 9.15. The minimum absolute atomic E-state index is 0.605. The Bertz CT molecular complexity index is 641. The van der Waals surface area contributed by atoms with Gasteiger partial charge >= 0.3 is 0 Å². The van der Waals surface area contributed by atoms with Crippen LogP contribution < -0.4 is 15.4 Å². The molecule has 0 fully saturated rings. The molecule has 2 N–H and O–H groups in total. The van der Waals surface area contributed by atoms with E-state index in [1.807, 2.05) is 30.3 Å². The molecule has 0 atom stereocenters. The lowest BCUT2D eigenvalue weighted by atomic mass is 10.2. The number of rotatable bonds is 11. The van der Waals surface area contributed by atoms with Crippen molar-refractivity contribution in [3.05, 3.63) is 54.4 Å². The molecule has 0 saturated carbocycles. The Labute approximate surface area is 156 Å². The number of nitrogens with zero attached hydrogens (tertiary/aromatic N) is 2. The molecule has 0 amide bonds. The first-order valence-electron chi connectivity index (χ1n) is 9.15. The van der Waals surface area contributed by atoms with Gasteiger partial charge in [0, 0.05) is 52.2 Å². The fourth-order valence-corrected chi connectivity index (χ4v) is 2.46. The third-order valence-electron chi connectivity index (χ3n) is 3.75. The summed E-state index contributed by atoms with van der Waals surface area (Å²) in [5.41, 5.74) is 1.12. The molecule has 0 spiro atoms. The predicted molar refractivity (Wildman–Crippen MR) is 106 cm³/mol. The van der Waals surface area contributed by atoms with Crippen LogP contribution in [0.3, 0.4) is 0 Å². The number of hydrogen-bond acceptors (Lipinski definition) is 3. The van der Waals surface area contributed by atoms with Gasteiger partial charge in [-0.1, -0.05) is 12.1 Å². The number of aliphatic imine (C=N–C) groups is 1. The van der Waals surface area contributed by atoms with Crippen molar-refractivity contribution in [2.45, 2.75) is 26.4 Å². The zero-order valence-corrected chi connectivity index (χ0v) is 15.8. The summed E-state index contributed by atoms with van der Waals surface area (Å²) in [6.07, 6.45) is 5.00. The van der Waals surface area contributed by atoms with Gasteiger partial charge in [0.05, 0.1) is 13.2 Å². The van der Waals surface area contributed by atoms with Gasteiger partial charge in [0.25, 0.3) is 0 Å². The average Bonchev–Trinajstić information content (AvgIpc) is 3.17. The molecule has 0 aliphatic carbocycles. The summed E-state index contributed by atoms with van der Waals surface area (Å²) in [4.78, 5) is 4.66. The van der Waals surface area contributed by atoms with Crippen LogP contribution in [0.4, 0.5) is 0 Å². The highest BCUT2D eigenvalue weighted by atomic mass is 16.5. The molecule has 0 aliphatic heterocycles. The van der Waals surface area contributed by atoms with E-state index in [2.05, 4.69) is 45.6 Å². The molecular weight excluding hydrogens is 328 g/mol. The summed E-state index contributed by atoms with van der Waals surface area (Å²) < 4.78 is 12.9. The maximum Gasteiger partial charge on any atom is 0.191 e. The lowest BCUT2D eigenvalue weighted by molar-refractivity contribution is 0.172. The molecule has 2 rings (SSSR count). The molecule has 1 aromatic heterocycles. The fraction of sp³-hybridized carbons (Fsp3) is 0.450. The lowest BCUT2D eigenvalue weighted by Crippen LogP contribution is -2.38. The molecule has 0 unspecified atom stereocenters. The van der Waals surface area contributed by atoms with Crippen LogP contribution in [-0.2, 0) is 17.8 Å². The Morgan fingerprint density at radius 3 is 2.73 bits per heavy atom. The molecule has 1 heterocycles. The Hall–Kier alpha value is -2.47. The van der Waals surface area contributed by atoms with Gasteiger partial charge < -0.3 is 24.7 Å². The van der Waals surface area contributed by atoms with Gasteiger partial charge in [0.15, 0.2) is 5.96 Å². The highest BCUT2D eigenvalue weighted by Gasteiger charge is 2.00. The lowest BCUT2D eigenvalue weighted by Gasteiger charge is -2.12. The molecule has 26 heavy (non-hydrogen) atoms. The van der Waals surface area contributed by atoms with Crippen molar-refractivity contribution in [2.75, 3.05) is 33.4 Å². The van der Waals surface area contributed by atoms with E-state index >= 15 is 0 Å². The van der Waals surface area contributed by atoms with Gasteiger partial charge in [0.2, 0.25) is 0 Å². The van der Waals surface area contributed by atoms with E-state index in [1.54, 1.807) is 7.11 Å². The number of ether oxygens (including phenoxy) is 2. The highest BCUT2D eigenvalue weighted by molar-refractivity contribution is 5.79. The number of methoxy groups -OCH3 is 1. The van der Waals surface area contributed by atoms with Crippen molar-refractivity contribution < 1.29 is 9.47 Å². The quantitative estimate of drug-likeness (QED) is 0.368. The number of aromatic nitrogens is 1. The SMILES string of the molecule is CCNC(=NCc1cccc(OCCCOC)c1)NCCn1cccc1. The van der Waals surface area contributed by atoms with Gasteiger partial charge in [-0.25, -0.2) is 4.99 Å². The topological polar surface area (TPSA) is 59.8 Å². The average molecular weight is 358 g/mol. The number of nitrogens with one attached hydrogen (secondary N) is 2. The summed E-state index contributed by atoms with van der Waals surface area (Å²) in [7, 11) is 1.70. The first kappa shape index (κ1) is 19.8. The Morgan fingerprint density at radius 2 is 1.96 bits per heavy atom. The zero-order chi connectivity index (χ0) is 18.5. The molecule has 0 aliphatic rings. The highest BCUT2D eigenvalue weighted by Crippen LogP contribution is 2.14. The normalized spacial score (nSPS) is 11.4. The third kappa shape index (κ3) is 7.61.